The minimum Gasteiger partial charge on any atom is -0.339 e. The van der Waals surface area contributed by atoms with Crippen molar-refractivity contribution in [3.8, 4) is 5.69 Å². The summed E-state index contributed by atoms with van der Waals surface area (Å²) in [6.45, 7) is 3.57. The molecule has 5 rings (SSSR count). The van der Waals surface area contributed by atoms with E-state index in [4.69, 9.17) is 0 Å². The summed E-state index contributed by atoms with van der Waals surface area (Å²) in [5.41, 5.74) is 3.01. The highest BCUT2D eigenvalue weighted by molar-refractivity contribution is 7.99. The maximum Gasteiger partial charge on any atom is 0.227 e. The fourth-order valence-corrected chi connectivity index (χ4v) is 6.23. The van der Waals surface area contributed by atoms with Crippen molar-refractivity contribution in [2.45, 2.75) is 50.2 Å². The standard InChI is InChI=1S/C33H36FN5O2S/c1-25-24-37(19-20-38(25)32(41)23-27-15-17-28(34)18-16-27)31(40)14-8-9-21-42-33-36-35-30(22-26-10-4-2-5-11-26)39(33)29-12-6-3-7-13-29/h2-7,10-13,15-18,25H,8-9,14,19-24H2,1H3. The highest BCUT2D eigenvalue weighted by Gasteiger charge is 2.29. The quantitative estimate of drug-likeness (QED) is 0.170. The normalized spacial score (nSPS) is 15.1. The first-order valence-electron chi connectivity index (χ1n) is 14.5. The van der Waals surface area contributed by atoms with E-state index in [-0.39, 0.29) is 30.1 Å². The van der Waals surface area contributed by atoms with Crippen LogP contribution in [-0.2, 0) is 22.4 Å². The smallest absolute Gasteiger partial charge is 0.227 e. The number of amides is 2. The van der Waals surface area contributed by atoms with Gasteiger partial charge < -0.3 is 9.80 Å². The lowest BCUT2D eigenvalue weighted by molar-refractivity contribution is -0.142. The minimum absolute atomic E-state index is 0.00788. The van der Waals surface area contributed by atoms with Crippen LogP contribution in [0.25, 0.3) is 5.69 Å². The number of carbonyl (C=O) groups excluding carboxylic acids is 2. The molecular weight excluding hydrogens is 549 g/mol. The van der Waals surface area contributed by atoms with E-state index >= 15 is 0 Å². The Morgan fingerprint density at radius 2 is 1.57 bits per heavy atom. The summed E-state index contributed by atoms with van der Waals surface area (Å²) in [5, 5.41) is 9.88. The zero-order chi connectivity index (χ0) is 29.3. The lowest BCUT2D eigenvalue weighted by Crippen LogP contribution is -2.55. The SMILES string of the molecule is CC1CN(C(=O)CCCCSc2nnc(Cc3ccccc3)n2-c2ccccc2)CCN1C(=O)Cc1ccc(F)cc1. The molecule has 2 heterocycles. The number of hydrogen-bond donors (Lipinski definition) is 0. The van der Waals surface area contributed by atoms with Crippen LogP contribution in [0.3, 0.4) is 0 Å². The average molecular weight is 586 g/mol. The molecule has 0 N–H and O–H groups in total. The van der Waals surface area contributed by atoms with Gasteiger partial charge in [0.25, 0.3) is 0 Å². The molecule has 7 nitrogen and oxygen atoms in total. The van der Waals surface area contributed by atoms with Gasteiger partial charge in [0.2, 0.25) is 11.8 Å². The molecular formula is C33H36FN5O2S. The number of nitrogens with zero attached hydrogens (tertiary/aromatic N) is 5. The molecule has 9 heteroatoms. The monoisotopic (exact) mass is 585 g/mol. The van der Waals surface area contributed by atoms with E-state index in [9.17, 15) is 14.0 Å². The number of carbonyl (C=O) groups is 2. The summed E-state index contributed by atoms with van der Waals surface area (Å²) >= 11 is 1.67. The van der Waals surface area contributed by atoms with Gasteiger partial charge in [0.1, 0.15) is 11.6 Å². The van der Waals surface area contributed by atoms with Crippen LogP contribution in [0.15, 0.2) is 90.1 Å². The summed E-state index contributed by atoms with van der Waals surface area (Å²) in [6, 6.07) is 26.4. The molecule has 1 fully saturated rings. The van der Waals surface area contributed by atoms with Crippen LogP contribution in [0.2, 0.25) is 0 Å². The average Bonchev–Trinajstić information content (AvgIpc) is 3.40. The Balaban J connectivity index is 1.08. The molecule has 1 aromatic heterocycles. The predicted octanol–water partition coefficient (Wildman–Crippen LogP) is 5.56. The second kappa shape index (κ2) is 14.3. The summed E-state index contributed by atoms with van der Waals surface area (Å²) in [5.74, 6) is 1.57. The molecule has 1 atom stereocenters. The number of rotatable bonds is 11. The van der Waals surface area contributed by atoms with Gasteiger partial charge in [0, 0.05) is 50.0 Å². The van der Waals surface area contributed by atoms with Crippen LogP contribution >= 0.6 is 11.8 Å². The third kappa shape index (κ3) is 7.64. The van der Waals surface area contributed by atoms with Gasteiger partial charge in [-0.1, -0.05) is 72.4 Å². The summed E-state index contributed by atoms with van der Waals surface area (Å²) in [6.07, 6.45) is 3.10. The van der Waals surface area contributed by atoms with Gasteiger partial charge in [-0.15, -0.1) is 10.2 Å². The number of unbranched alkanes of at least 4 members (excludes halogenated alkanes) is 1. The van der Waals surface area contributed by atoms with Crippen LogP contribution in [-0.4, -0.2) is 67.8 Å². The molecule has 1 saturated heterocycles. The fraction of sp³-hybridized carbons (Fsp3) is 0.333. The summed E-state index contributed by atoms with van der Waals surface area (Å²) in [7, 11) is 0. The van der Waals surface area contributed by atoms with Crippen molar-refractivity contribution in [1.29, 1.82) is 0 Å². The molecule has 42 heavy (non-hydrogen) atoms. The minimum atomic E-state index is -0.311. The van der Waals surface area contributed by atoms with Crippen molar-refractivity contribution < 1.29 is 14.0 Å². The molecule has 0 bridgehead atoms. The lowest BCUT2D eigenvalue weighted by atomic mass is 10.1. The van der Waals surface area contributed by atoms with Gasteiger partial charge in [-0.3, -0.25) is 14.2 Å². The maximum absolute atomic E-state index is 13.2. The molecule has 1 aliphatic heterocycles. The third-order valence-electron chi connectivity index (χ3n) is 7.51. The summed E-state index contributed by atoms with van der Waals surface area (Å²) in [4.78, 5) is 29.5. The summed E-state index contributed by atoms with van der Waals surface area (Å²) < 4.78 is 15.3. The van der Waals surface area contributed by atoms with Gasteiger partial charge in [-0.05, 0) is 55.2 Å². The van der Waals surface area contributed by atoms with Crippen molar-refractivity contribution in [2.24, 2.45) is 0 Å². The van der Waals surface area contributed by atoms with Gasteiger partial charge in [0.15, 0.2) is 5.16 Å². The first-order chi connectivity index (χ1) is 20.5. The fourth-order valence-electron chi connectivity index (χ4n) is 5.26. The molecule has 1 aliphatic rings. The zero-order valence-corrected chi connectivity index (χ0v) is 24.7. The van der Waals surface area contributed by atoms with E-state index in [1.165, 1.54) is 17.7 Å². The van der Waals surface area contributed by atoms with Crippen LogP contribution in [0.1, 0.15) is 43.1 Å². The van der Waals surface area contributed by atoms with Gasteiger partial charge in [-0.2, -0.15) is 0 Å². The Kier molecular flexibility index (Phi) is 10.0. The van der Waals surface area contributed by atoms with E-state index in [1.807, 2.05) is 53.1 Å². The van der Waals surface area contributed by atoms with E-state index in [0.717, 1.165) is 40.8 Å². The Morgan fingerprint density at radius 1 is 0.857 bits per heavy atom. The van der Waals surface area contributed by atoms with E-state index in [0.29, 0.717) is 32.5 Å². The van der Waals surface area contributed by atoms with Gasteiger partial charge >= 0.3 is 0 Å². The Hall–Kier alpha value is -3.98. The second-order valence-corrected chi connectivity index (χ2v) is 11.7. The lowest BCUT2D eigenvalue weighted by Gasteiger charge is -2.40. The van der Waals surface area contributed by atoms with E-state index in [1.54, 1.807) is 23.9 Å². The number of benzene rings is 3. The Bertz CT molecular complexity index is 1460. The first-order valence-corrected chi connectivity index (χ1v) is 15.4. The van der Waals surface area contributed by atoms with Crippen molar-refractivity contribution in [1.82, 2.24) is 24.6 Å². The Labute approximate surface area is 250 Å². The van der Waals surface area contributed by atoms with E-state index in [2.05, 4.69) is 39.0 Å². The molecule has 4 aromatic rings. The van der Waals surface area contributed by atoms with Crippen LogP contribution in [0, 0.1) is 5.82 Å². The van der Waals surface area contributed by atoms with Crippen LogP contribution < -0.4 is 0 Å². The topological polar surface area (TPSA) is 71.3 Å². The number of halogens is 1. The van der Waals surface area contributed by atoms with Crippen LogP contribution in [0.5, 0.6) is 0 Å². The number of aromatic nitrogens is 3. The number of para-hydroxylation sites is 1. The number of thioether (sulfide) groups is 1. The molecule has 0 saturated carbocycles. The highest BCUT2D eigenvalue weighted by atomic mass is 32.2. The molecule has 2 amide bonds. The molecule has 1 unspecified atom stereocenters. The molecule has 3 aromatic carbocycles. The van der Waals surface area contributed by atoms with Crippen molar-refractivity contribution in [3.63, 3.8) is 0 Å². The van der Waals surface area contributed by atoms with Crippen molar-refractivity contribution in [2.75, 3.05) is 25.4 Å². The maximum atomic E-state index is 13.2. The molecule has 0 radical (unpaired) electrons. The van der Waals surface area contributed by atoms with Crippen molar-refractivity contribution >= 4 is 23.6 Å². The number of piperazine rings is 1. The highest BCUT2D eigenvalue weighted by Crippen LogP contribution is 2.25. The largest absolute Gasteiger partial charge is 0.339 e. The van der Waals surface area contributed by atoms with Crippen molar-refractivity contribution in [3.05, 3.63) is 108 Å². The van der Waals surface area contributed by atoms with Gasteiger partial charge in [-0.25, -0.2) is 4.39 Å². The van der Waals surface area contributed by atoms with Gasteiger partial charge in [0.05, 0.1) is 6.42 Å². The molecule has 218 valence electrons. The predicted molar refractivity (Wildman–Crippen MR) is 163 cm³/mol. The molecule has 0 spiro atoms. The zero-order valence-electron chi connectivity index (χ0n) is 23.9. The Morgan fingerprint density at radius 3 is 2.29 bits per heavy atom. The second-order valence-electron chi connectivity index (χ2n) is 10.6. The number of hydrogen-bond acceptors (Lipinski definition) is 5. The molecule has 0 aliphatic carbocycles. The first kappa shape index (κ1) is 29.5. The third-order valence-corrected chi connectivity index (χ3v) is 8.52. The van der Waals surface area contributed by atoms with Crippen LogP contribution in [0.4, 0.5) is 4.39 Å². The van der Waals surface area contributed by atoms with E-state index < -0.39 is 0 Å².